The number of aliphatic hydroxyl groups excluding tert-OH is 2. The summed E-state index contributed by atoms with van der Waals surface area (Å²) in [5, 5.41) is 44.7. The highest BCUT2D eigenvalue weighted by atomic mass is 35.5. The second kappa shape index (κ2) is 18.9. The fourth-order valence-electron chi connectivity index (χ4n) is 7.25. The molecule has 59 heavy (non-hydrogen) atoms. The van der Waals surface area contributed by atoms with Crippen LogP contribution < -0.4 is 25.4 Å². The number of benzene rings is 2. The summed E-state index contributed by atoms with van der Waals surface area (Å²) in [6.07, 6.45) is 4.70. The molecule has 6 aromatic rings. The molecule has 0 aliphatic carbocycles. The van der Waals surface area contributed by atoms with Crippen LogP contribution in [0.4, 0.5) is 11.5 Å². The summed E-state index contributed by atoms with van der Waals surface area (Å²) in [5.74, 6) is 1.01. The van der Waals surface area contributed by atoms with Crippen LogP contribution in [0.3, 0.4) is 0 Å². The second-order valence-electron chi connectivity index (χ2n) is 14.3. The van der Waals surface area contributed by atoms with E-state index in [9.17, 15) is 20.0 Å². The first-order chi connectivity index (χ1) is 28.6. The zero-order valence-electron chi connectivity index (χ0n) is 32.5. The minimum Gasteiger partial charge on any atom is -0.481 e. The third kappa shape index (κ3) is 9.37. The number of nitrogen functional groups attached to an aromatic ring is 1. The number of rotatable bonds is 20. The van der Waals surface area contributed by atoms with Crippen molar-refractivity contribution in [2.24, 2.45) is 0 Å². The van der Waals surface area contributed by atoms with Gasteiger partial charge in [0.15, 0.2) is 5.82 Å². The van der Waals surface area contributed by atoms with Crippen molar-refractivity contribution in [3.63, 3.8) is 0 Å². The monoisotopic (exact) mass is 843 g/mol. The Balaban J connectivity index is 0.858. The molecule has 0 bridgehead atoms. The fourth-order valence-corrected chi connectivity index (χ4v) is 8.80. The maximum absolute atomic E-state index is 14.0. The SMILES string of the molecule is COc1ccc2nc3cc(Cl)ccc3c(NCCCCCCCCCCNP(=O)(OC[C@H]3O[C@@](C#N)(c4ccc5c(N)ncnn45)[C@H](O)[C@@H]3O)Oc3ccccc3)c2n1. The van der Waals surface area contributed by atoms with Crippen LogP contribution in [0.25, 0.3) is 27.5 Å². The van der Waals surface area contributed by atoms with E-state index in [1.807, 2.05) is 30.3 Å². The number of hydrogen-bond acceptors (Lipinski definition) is 14. The van der Waals surface area contributed by atoms with Gasteiger partial charge >= 0.3 is 7.75 Å². The van der Waals surface area contributed by atoms with Crippen molar-refractivity contribution in [1.29, 1.82) is 5.26 Å². The average molecular weight is 844 g/mol. The van der Waals surface area contributed by atoms with E-state index in [-0.39, 0.29) is 11.5 Å². The Morgan fingerprint density at radius 3 is 2.46 bits per heavy atom. The highest BCUT2D eigenvalue weighted by Crippen LogP contribution is 2.47. The Bertz CT molecular complexity index is 2470. The summed E-state index contributed by atoms with van der Waals surface area (Å²) in [6, 6.07) is 23.1. The molecule has 0 amide bonds. The number of fused-ring (bicyclic) bond motifs is 3. The number of anilines is 2. The number of pyridine rings is 2. The Morgan fingerprint density at radius 1 is 0.966 bits per heavy atom. The summed E-state index contributed by atoms with van der Waals surface area (Å²) >= 11 is 6.26. The molecule has 7 rings (SSSR count). The van der Waals surface area contributed by atoms with Gasteiger partial charge in [-0.1, -0.05) is 68.3 Å². The van der Waals surface area contributed by atoms with Crippen LogP contribution in [0.1, 0.15) is 57.1 Å². The minimum atomic E-state index is -4.00. The zero-order valence-corrected chi connectivity index (χ0v) is 34.2. The number of nitrogens with zero attached hydrogens (tertiary/aromatic N) is 6. The number of nitriles is 1. The number of para-hydroxylation sites is 1. The third-order valence-corrected chi connectivity index (χ3v) is 12.1. The van der Waals surface area contributed by atoms with Gasteiger partial charge in [0.2, 0.25) is 11.5 Å². The van der Waals surface area contributed by atoms with Gasteiger partial charge in [0.05, 0.1) is 36.1 Å². The lowest BCUT2D eigenvalue weighted by Crippen LogP contribution is -2.41. The summed E-state index contributed by atoms with van der Waals surface area (Å²) in [5.41, 5.74) is 7.74. The van der Waals surface area contributed by atoms with Gasteiger partial charge in [0.25, 0.3) is 0 Å². The third-order valence-electron chi connectivity index (χ3n) is 10.3. The van der Waals surface area contributed by atoms with E-state index in [0.717, 1.165) is 85.5 Å². The normalized spacial score (nSPS) is 20.2. The Kier molecular flexibility index (Phi) is 13.4. The van der Waals surface area contributed by atoms with Crippen molar-refractivity contribution in [2.45, 2.75) is 75.3 Å². The van der Waals surface area contributed by atoms with Crippen molar-refractivity contribution in [1.82, 2.24) is 29.7 Å². The molecule has 5 atom stereocenters. The number of methoxy groups -OCH3 is 1. The van der Waals surface area contributed by atoms with Crippen LogP contribution in [0.15, 0.2) is 79.1 Å². The molecule has 6 N–H and O–H groups in total. The lowest BCUT2D eigenvalue weighted by Gasteiger charge is -2.24. The van der Waals surface area contributed by atoms with Gasteiger partial charge in [-0.05, 0) is 61.4 Å². The molecule has 16 nitrogen and oxygen atoms in total. The molecule has 5 heterocycles. The van der Waals surface area contributed by atoms with Gasteiger partial charge in [0.1, 0.15) is 47.5 Å². The average Bonchev–Trinajstić information content (AvgIpc) is 3.79. The Morgan fingerprint density at radius 2 is 1.71 bits per heavy atom. The summed E-state index contributed by atoms with van der Waals surface area (Å²) in [4.78, 5) is 13.4. The largest absolute Gasteiger partial charge is 0.481 e. The van der Waals surface area contributed by atoms with Crippen LogP contribution in [0.5, 0.6) is 11.6 Å². The van der Waals surface area contributed by atoms with Crippen molar-refractivity contribution in [2.75, 3.05) is 37.9 Å². The van der Waals surface area contributed by atoms with E-state index in [0.29, 0.717) is 28.7 Å². The van der Waals surface area contributed by atoms with E-state index in [1.54, 1.807) is 49.6 Å². The summed E-state index contributed by atoms with van der Waals surface area (Å²) < 4.78 is 38.4. The lowest BCUT2D eigenvalue weighted by atomic mass is 9.92. The second-order valence-corrected chi connectivity index (χ2v) is 16.5. The van der Waals surface area contributed by atoms with Crippen molar-refractivity contribution < 1.29 is 33.3 Å². The number of aromatic nitrogens is 5. The van der Waals surface area contributed by atoms with Gasteiger partial charge in [0, 0.05) is 29.6 Å². The number of hydrogen-bond donors (Lipinski definition) is 5. The topological polar surface area (TPSA) is 224 Å². The van der Waals surface area contributed by atoms with Crippen LogP contribution >= 0.6 is 19.3 Å². The molecule has 0 saturated carbocycles. The van der Waals surface area contributed by atoms with Crippen LogP contribution in [0, 0.1) is 11.3 Å². The van der Waals surface area contributed by atoms with E-state index >= 15 is 0 Å². The predicted octanol–water partition coefficient (Wildman–Crippen LogP) is 6.94. The number of aliphatic hydroxyl groups is 2. The minimum absolute atomic E-state index is 0.145. The smallest absolute Gasteiger partial charge is 0.458 e. The fraction of sp³-hybridized carbons (Fsp3) is 0.390. The molecular formula is C41H47ClN9O7P. The van der Waals surface area contributed by atoms with E-state index in [2.05, 4.69) is 25.5 Å². The van der Waals surface area contributed by atoms with Gasteiger partial charge in [-0.25, -0.2) is 29.1 Å². The number of nitrogens with one attached hydrogen (secondary N) is 2. The molecule has 0 spiro atoms. The first kappa shape index (κ1) is 42.0. The van der Waals surface area contributed by atoms with Crippen LogP contribution in [-0.2, 0) is 19.4 Å². The van der Waals surface area contributed by atoms with Gasteiger partial charge in [-0.15, -0.1) is 0 Å². The molecular weight excluding hydrogens is 797 g/mol. The Labute approximate surface area is 346 Å². The van der Waals surface area contributed by atoms with Crippen LogP contribution in [0.2, 0.25) is 5.02 Å². The summed E-state index contributed by atoms with van der Waals surface area (Å²) in [7, 11) is -2.40. The number of halogens is 1. The van der Waals surface area contributed by atoms with Gasteiger partial charge < -0.3 is 35.3 Å². The maximum atomic E-state index is 14.0. The van der Waals surface area contributed by atoms with E-state index in [4.69, 9.17) is 40.8 Å². The van der Waals surface area contributed by atoms with E-state index < -0.39 is 38.3 Å². The van der Waals surface area contributed by atoms with Gasteiger partial charge in [-0.3, -0.25) is 4.52 Å². The molecule has 0 radical (unpaired) electrons. The number of unbranched alkanes of at least 4 members (excludes halogenated alkanes) is 7. The quantitative estimate of drug-likeness (QED) is 0.0298. The summed E-state index contributed by atoms with van der Waals surface area (Å²) in [6.45, 7) is 0.678. The molecule has 1 saturated heterocycles. The highest BCUT2D eigenvalue weighted by molar-refractivity contribution is 7.52. The zero-order chi connectivity index (χ0) is 41.4. The molecule has 1 aliphatic heterocycles. The molecule has 18 heteroatoms. The molecule has 1 fully saturated rings. The number of ether oxygens (including phenoxy) is 2. The number of nitrogens with two attached hydrogens (primary N) is 1. The molecule has 310 valence electrons. The lowest BCUT2D eigenvalue weighted by molar-refractivity contribution is -0.0620. The Hall–Kier alpha value is -5.11. The maximum Gasteiger partial charge on any atom is 0.458 e. The first-order valence-corrected chi connectivity index (χ1v) is 21.5. The van der Waals surface area contributed by atoms with Crippen molar-refractivity contribution >= 4 is 58.3 Å². The first-order valence-electron chi connectivity index (χ1n) is 19.6. The molecule has 2 aromatic carbocycles. The predicted molar refractivity (Wildman–Crippen MR) is 224 cm³/mol. The van der Waals surface area contributed by atoms with Crippen molar-refractivity contribution in [3.05, 3.63) is 89.8 Å². The standard InChI is InChI=1S/C41H47ClN9O7P/c1-55-35-20-17-30-37(50-35)36(29-16-15-27(42)23-31(29)49-30)45-21-11-6-4-2-3-5-7-12-22-48-59(54,58-28-13-9-8-10-14-28)56-24-33-38(52)39(53)41(25-43,57-33)34-19-18-32-40(44)46-26-47-51(32)34/h8-10,13-20,23,26,33,38-39,52-53H,2-7,11-12,21-22,24H2,1H3,(H,45,49)(H,48,54)(H2,44,46,47)/t33-,38-,39-,41+,59?/m1/s1. The molecule has 1 aliphatic rings. The van der Waals surface area contributed by atoms with Crippen molar-refractivity contribution in [3.8, 4) is 17.7 Å². The van der Waals surface area contributed by atoms with Gasteiger partial charge in [-0.2, -0.15) is 10.4 Å². The van der Waals surface area contributed by atoms with E-state index in [1.165, 1.54) is 16.9 Å². The molecule has 1 unspecified atom stereocenters. The van der Waals surface area contributed by atoms with Crippen LogP contribution in [-0.4, -0.2) is 79.9 Å². The molecule has 4 aromatic heterocycles. The highest BCUT2D eigenvalue weighted by Gasteiger charge is 2.58.